The van der Waals surface area contributed by atoms with E-state index in [-0.39, 0.29) is 5.54 Å². The summed E-state index contributed by atoms with van der Waals surface area (Å²) >= 11 is 0. The molecule has 0 saturated carbocycles. The average Bonchev–Trinajstić information content (AvgIpc) is 2.38. The quantitative estimate of drug-likeness (QED) is 0.700. The second-order valence-corrected chi connectivity index (χ2v) is 5.31. The third-order valence-electron chi connectivity index (χ3n) is 3.53. The van der Waals surface area contributed by atoms with Crippen LogP contribution in [0.3, 0.4) is 0 Å². The van der Waals surface area contributed by atoms with Gasteiger partial charge in [0.25, 0.3) is 0 Å². The highest BCUT2D eigenvalue weighted by Gasteiger charge is 2.20. The number of nitrogens with two attached hydrogens (primary N) is 1. The minimum atomic E-state index is -0.249. The molecule has 1 atom stereocenters. The molecule has 0 radical (unpaired) electrons. The van der Waals surface area contributed by atoms with E-state index >= 15 is 0 Å². The Morgan fingerprint density at radius 3 is 2.56 bits per heavy atom. The Morgan fingerprint density at radius 2 is 1.89 bits per heavy atom. The maximum absolute atomic E-state index is 6.42. The predicted molar refractivity (Wildman–Crippen MR) is 77.9 cm³/mol. The first-order chi connectivity index (χ1) is 8.60. The van der Waals surface area contributed by atoms with Crippen molar-refractivity contribution in [1.29, 1.82) is 0 Å². The van der Waals surface area contributed by atoms with Gasteiger partial charge in [0.2, 0.25) is 0 Å². The van der Waals surface area contributed by atoms with Crippen LogP contribution in [0.4, 0.5) is 0 Å². The lowest BCUT2D eigenvalue weighted by molar-refractivity contribution is 0.402. The van der Waals surface area contributed by atoms with Crippen LogP contribution < -0.4 is 10.5 Å². The molecule has 0 aliphatic heterocycles. The van der Waals surface area contributed by atoms with Crippen molar-refractivity contribution in [1.82, 2.24) is 0 Å². The van der Waals surface area contributed by atoms with Crippen LogP contribution in [0.15, 0.2) is 24.3 Å². The number of methoxy groups -OCH3 is 1. The Balaban J connectivity index is 2.50. The number of rotatable bonds is 8. The van der Waals surface area contributed by atoms with Gasteiger partial charge in [0.15, 0.2) is 0 Å². The van der Waals surface area contributed by atoms with Gasteiger partial charge in [-0.15, -0.1) is 0 Å². The van der Waals surface area contributed by atoms with Crippen LogP contribution in [0.2, 0.25) is 0 Å². The zero-order valence-electron chi connectivity index (χ0n) is 12.0. The lowest BCUT2D eigenvalue weighted by Gasteiger charge is -2.25. The van der Waals surface area contributed by atoms with E-state index in [0.29, 0.717) is 0 Å². The summed E-state index contributed by atoms with van der Waals surface area (Å²) in [6, 6.07) is 8.11. The molecule has 1 unspecified atom stereocenters. The van der Waals surface area contributed by atoms with Gasteiger partial charge in [-0.2, -0.15) is 0 Å². The van der Waals surface area contributed by atoms with Crippen LogP contribution in [0, 0.1) is 0 Å². The first kappa shape index (κ1) is 15.0. The van der Waals surface area contributed by atoms with Crippen LogP contribution in [0.1, 0.15) is 57.9 Å². The fourth-order valence-corrected chi connectivity index (χ4v) is 2.22. The van der Waals surface area contributed by atoms with Crippen molar-refractivity contribution < 1.29 is 4.74 Å². The third-order valence-corrected chi connectivity index (χ3v) is 3.53. The molecule has 0 aliphatic carbocycles. The molecule has 0 heterocycles. The van der Waals surface area contributed by atoms with E-state index in [1.807, 2.05) is 18.2 Å². The summed E-state index contributed by atoms with van der Waals surface area (Å²) in [6.07, 6.45) is 7.46. The molecule has 0 aromatic heterocycles. The van der Waals surface area contributed by atoms with Gasteiger partial charge in [-0.25, -0.2) is 0 Å². The SMILES string of the molecule is CCCCCCCC(C)(N)c1cccc(OC)c1. The summed E-state index contributed by atoms with van der Waals surface area (Å²) in [5.41, 5.74) is 7.34. The summed E-state index contributed by atoms with van der Waals surface area (Å²) in [5, 5.41) is 0. The summed E-state index contributed by atoms with van der Waals surface area (Å²) in [6.45, 7) is 4.35. The molecule has 18 heavy (non-hydrogen) atoms. The van der Waals surface area contributed by atoms with E-state index in [9.17, 15) is 0 Å². The Labute approximate surface area is 112 Å². The normalized spacial score (nSPS) is 14.2. The highest BCUT2D eigenvalue weighted by molar-refractivity contribution is 5.32. The maximum Gasteiger partial charge on any atom is 0.119 e. The van der Waals surface area contributed by atoms with Crippen molar-refractivity contribution in [3.63, 3.8) is 0 Å². The Hall–Kier alpha value is -1.02. The molecular weight excluding hydrogens is 222 g/mol. The zero-order valence-corrected chi connectivity index (χ0v) is 12.0. The zero-order chi connectivity index (χ0) is 13.4. The lowest BCUT2D eigenvalue weighted by Crippen LogP contribution is -2.32. The van der Waals surface area contributed by atoms with Gasteiger partial charge in [-0.1, -0.05) is 51.2 Å². The van der Waals surface area contributed by atoms with Crippen LogP contribution in [0.25, 0.3) is 0 Å². The van der Waals surface area contributed by atoms with Gasteiger partial charge in [0.05, 0.1) is 7.11 Å². The van der Waals surface area contributed by atoms with Crippen molar-refractivity contribution in [3.05, 3.63) is 29.8 Å². The molecule has 2 N–H and O–H groups in total. The molecule has 0 amide bonds. The first-order valence-electron chi connectivity index (χ1n) is 7.03. The summed E-state index contributed by atoms with van der Waals surface area (Å²) in [4.78, 5) is 0. The first-order valence-corrected chi connectivity index (χ1v) is 7.03. The largest absolute Gasteiger partial charge is 0.497 e. The molecule has 0 bridgehead atoms. The molecule has 2 heteroatoms. The number of benzene rings is 1. The number of hydrogen-bond acceptors (Lipinski definition) is 2. The van der Waals surface area contributed by atoms with E-state index in [0.717, 1.165) is 17.7 Å². The molecule has 0 saturated heterocycles. The van der Waals surface area contributed by atoms with Gasteiger partial charge in [-0.05, 0) is 31.0 Å². The molecule has 0 aliphatic rings. The molecule has 1 aromatic carbocycles. The van der Waals surface area contributed by atoms with Crippen molar-refractivity contribution in [2.75, 3.05) is 7.11 Å². The molecule has 1 aromatic rings. The second-order valence-electron chi connectivity index (χ2n) is 5.31. The maximum atomic E-state index is 6.42. The lowest BCUT2D eigenvalue weighted by atomic mass is 9.87. The molecule has 1 rings (SSSR count). The molecule has 2 nitrogen and oxygen atoms in total. The monoisotopic (exact) mass is 249 g/mol. The van der Waals surface area contributed by atoms with E-state index in [1.54, 1.807) is 7.11 Å². The van der Waals surface area contributed by atoms with Crippen molar-refractivity contribution in [3.8, 4) is 5.75 Å². The Morgan fingerprint density at radius 1 is 1.17 bits per heavy atom. The minimum Gasteiger partial charge on any atom is -0.497 e. The number of unbranched alkanes of at least 4 members (excludes halogenated alkanes) is 4. The fraction of sp³-hybridized carbons (Fsp3) is 0.625. The van der Waals surface area contributed by atoms with Crippen molar-refractivity contribution in [2.45, 2.75) is 57.9 Å². The Bertz CT molecular complexity index is 347. The second kappa shape index (κ2) is 7.42. The molecule has 102 valence electrons. The van der Waals surface area contributed by atoms with Crippen LogP contribution in [-0.4, -0.2) is 7.11 Å². The summed E-state index contributed by atoms with van der Waals surface area (Å²) in [7, 11) is 1.69. The smallest absolute Gasteiger partial charge is 0.119 e. The highest BCUT2D eigenvalue weighted by atomic mass is 16.5. The standard InChI is InChI=1S/C16H27NO/c1-4-5-6-7-8-12-16(2,17)14-10-9-11-15(13-14)18-3/h9-11,13H,4-8,12,17H2,1-3H3. The summed E-state index contributed by atoms with van der Waals surface area (Å²) in [5.74, 6) is 0.884. The average molecular weight is 249 g/mol. The van der Waals surface area contributed by atoms with E-state index in [4.69, 9.17) is 10.5 Å². The fourth-order valence-electron chi connectivity index (χ4n) is 2.22. The van der Waals surface area contributed by atoms with Crippen molar-refractivity contribution >= 4 is 0 Å². The topological polar surface area (TPSA) is 35.2 Å². The van der Waals surface area contributed by atoms with Crippen molar-refractivity contribution in [2.24, 2.45) is 5.73 Å². The minimum absolute atomic E-state index is 0.249. The molecular formula is C16H27NO. The highest BCUT2D eigenvalue weighted by Crippen LogP contribution is 2.27. The summed E-state index contributed by atoms with van der Waals surface area (Å²) < 4.78 is 5.25. The number of ether oxygens (including phenoxy) is 1. The van der Waals surface area contributed by atoms with Gasteiger partial charge in [0.1, 0.15) is 5.75 Å². The Kier molecular flexibility index (Phi) is 6.20. The number of hydrogen-bond donors (Lipinski definition) is 1. The van der Waals surface area contributed by atoms with Crippen LogP contribution in [-0.2, 0) is 5.54 Å². The van der Waals surface area contributed by atoms with Gasteiger partial charge in [0, 0.05) is 5.54 Å². The van der Waals surface area contributed by atoms with E-state index in [1.165, 1.54) is 32.1 Å². The molecule has 0 spiro atoms. The predicted octanol–water partition coefficient (Wildman–Crippen LogP) is 4.23. The van der Waals surface area contributed by atoms with Crippen LogP contribution >= 0.6 is 0 Å². The third kappa shape index (κ3) is 4.69. The van der Waals surface area contributed by atoms with E-state index < -0.39 is 0 Å². The van der Waals surface area contributed by atoms with Gasteiger partial charge < -0.3 is 10.5 Å². The van der Waals surface area contributed by atoms with Crippen LogP contribution in [0.5, 0.6) is 5.75 Å². The van der Waals surface area contributed by atoms with Gasteiger partial charge in [-0.3, -0.25) is 0 Å². The van der Waals surface area contributed by atoms with Gasteiger partial charge >= 0.3 is 0 Å². The molecule has 0 fully saturated rings. The van der Waals surface area contributed by atoms with E-state index in [2.05, 4.69) is 19.9 Å².